The van der Waals surface area contributed by atoms with Crippen molar-refractivity contribution < 1.29 is 17.6 Å². The van der Waals surface area contributed by atoms with E-state index in [-0.39, 0.29) is 36.0 Å². The molecule has 0 aromatic heterocycles. The number of hydrogen-bond acceptors (Lipinski definition) is 4. The summed E-state index contributed by atoms with van der Waals surface area (Å²) in [6.45, 7) is 0.186. The molecule has 4 N–H and O–H groups in total. The Labute approximate surface area is 123 Å². The van der Waals surface area contributed by atoms with E-state index in [2.05, 4.69) is 0 Å². The van der Waals surface area contributed by atoms with Gasteiger partial charge in [-0.05, 0) is 25.0 Å². The standard InChI is InChI=1S/C13H18FN3O3S/c14-11-2-1-3-12(10(11)8-15)21(19,20)17-6-4-9(5-7-17)13(16)18/h1-3,9H,4-8,15H2,(H2,16,18). The SMILES string of the molecule is NCc1c(F)cccc1S(=O)(=O)N1CCC(C(N)=O)CC1. The molecule has 0 unspecified atom stereocenters. The first-order valence-corrected chi connectivity index (χ1v) is 8.09. The minimum Gasteiger partial charge on any atom is -0.369 e. The number of nitrogens with two attached hydrogens (primary N) is 2. The zero-order valence-electron chi connectivity index (χ0n) is 11.5. The molecule has 0 bridgehead atoms. The van der Waals surface area contributed by atoms with Crippen molar-refractivity contribution in [2.45, 2.75) is 24.3 Å². The van der Waals surface area contributed by atoms with E-state index in [9.17, 15) is 17.6 Å². The van der Waals surface area contributed by atoms with Crippen LogP contribution in [0.5, 0.6) is 0 Å². The van der Waals surface area contributed by atoms with Gasteiger partial charge in [0.1, 0.15) is 5.82 Å². The number of nitrogens with zero attached hydrogens (tertiary/aromatic N) is 1. The molecule has 1 aliphatic heterocycles. The van der Waals surface area contributed by atoms with Crippen molar-refractivity contribution in [1.82, 2.24) is 4.31 Å². The van der Waals surface area contributed by atoms with Crippen LogP contribution in [0.2, 0.25) is 0 Å². The molecule has 116 valence electrons. The number of benzene rings is 1. The van der Waals surface area contributed by atoms with Crippen molar-refractivity contribution >= 4 is 15.9 Å². The van der Waals surface area contributed by atoms with E-state index < -0.39 is 21.7 Å². The molecule has 0 saturated carbocycles. The maximum absolute atomic E-state index is 13.7. The number of sulfonamides is 1. The van der Waals surface area contributed by atoms with E-state index in [0.717, 1.165) is 0 Å². The van der Waals surface area contributed by atoms with Gasteiger partial charge in [0.2, 0.25) is 15.9 Å². The van der Waals surface area contributed by atoms with E-state index in [0.29, 0.717) is 12.8 Å². The molecule has 1 heterocycles. The minimum absolute atomic E-state index is 0.0190. The molecule has 0 radical (unpaired) electrons. The van der Waals surface area contributed by atoms with Gasteiger partial charge in [-0.3, -0.25) is 4.79 Å². The number of carbonyl (C=O) groups excluding carboxylic acids is 1. The van der Waals surface area contributed by atoms with Crippen LogP contribution in [0.25, 0.3) is 0 Å². The van der Waals surface area contributed by atoms with Crippen molar-refractivity contribution in [3.8, 4) is 0 Å². The lowest BCUT2D eigenvalue weighted by molar-refractivity contribution is -0.122. The zero-order valence-corrected chi connectivity index (χ0v) is 12.3. The number of amides is 1. The van der Waals surface area contributed by atoms with Crippen LogP contribution >= 0.6 is 0 Å². The highest BCUT2D eigenvalue weighted by Crippen LogP contribution is 2.26. The molecular formula is C13H18FN3O3S. The highest BCUT2D eigenvalue weighted by atomic mass is 32.2. The predicted molar refractivity (Wildman–Crippen MR) is 75.0 cm³/mol. The molecule has 0 spiro atoms. The summed E-state index contributed by atoms with van der Waals surface area (Å²) >= 11 is 0. The molecule has 0 aliphatic carbocycles. The first kappa shape index (κ1) is 15.9. The van der Waals surface area contributed by atoms with Gasteiger partial charge in [0.25, 0.3) is 0 Å². The number of carbonyl (C=O) groups is 1. The highest BCUT2D eigenvalue weighted by Gasteiger charge is 2.32. The number of hydrogen-bond donors (Lipinski definition) is 2. The Kier molecular flexibility index (Phi) is 4.60. The molecule has 1 fully saturated rings. The van der Waals surface area contributed by atoms with Gasteiger partial charge >= 0.3 is 0 Å². The van der Waals surface area contributed by atoms with Crippen LogP contribution in [-0.2, 0) is 21.4 Å². The van der Waals surface area contributed by atoms with Crippen LogP contribution in [0.1, 0.15) is 18.4 Å². The van der Waals surface area contributed by atoms with Crippen molar-refractivity contribution in [3.63, 3.8) is 0 Å². The van der Waals surface area contributed by atoms with Crippen LogP contribution in [0.4, 0.5) is 4.39 Å². The Bertz CT molecular complexity index is 640. The summed E-state index contributed by atoms with van der Waals surface area (Å²) in [6.07, 6.45) is 0.754. The van der Waals surface area contributed by atoms with Crippen molar-refractivity contribution in [2.75, 3.05) is 13.1 Å². The summed E-state index contributed by atoms with van der Waals surface area (Å²) in [5, 5.41) is 0. The Morgan fingerprint density at radius 2 is 1.95 bits per heavy atom. The second kappa shape index (κ2) is 6.08. The van der Waals surface area contributed by atoms with E-state index >= 15 is 0 Å². The quantitative estimate of drug-likeness (QED) is 0.826. The van der Waals surface area contributed by atoms with Gasteiger partial charge in [-0.15, -0.1) is 0 Å². The summed E-state index contributed by atoms with van der Waals surface area (Å²) < 4.78 is 40.1. The Morgan fingerprint density at radius 3 is 2.48 bits per heavy atom. The van der Waals surface area contributed by atoms with Gasteiger partial charge < -0.3 is 11.5 Å². The number of primary amides is 1. The molecule has 0 atom stereocenters. The molecule has 8 heteroatoms. The molecule has 6 nitrogen and oxygen atoms in total. The van der Waals surface area contributed by atoms with Crippen LogP contribution in [0, 0.1) is 11.7 Å². The fourth-order valence-corrected chi connectivity index (χ4v) is 4.21. The highest BCUT2D eigenvalue weighted by molar-refractivity contribution is 7.89. The molecule has 1 saturated heterocycles. The van der Waals surface area contributed by atoms with E-state index in [1.807, 2.05) is 0 Å². The first-order valence-electron chi connectivity index (χ1n) is 6.65. The molecule has 1 amide bonds. The Morgan fingerprint density at radius 1 is 1.33 bits per heavy atom. The van der Waals surface area contributed by atoms with Crippen molar-refractivity contribution in [1.29, 1.82) is 0 Å². The number of halogens is 1. The van der Waals surface area contributed by atoms with E-state index in [1.165, 1.54) is 22.5 Å². The monoisotopic (exact) mass is 315 g/mol. The van der Waals surface area contributed by atoms with Gasteiger partial charge in [0.05, 0.1) is 4.90 Å². The number of piperidine rings is 1. The molecule has 2 rings (SSSR count). The molecule has 21 heavy (non-hydrogen) atoms. The predicted octanol–water partition coefficient (Wildman–Crippen LogP) is 0.170. The average Bonchev–Trinajstić information content (AvgIpc) is 2.47. The summed E-state index contributed by atoms with van der Waals surface area (Å²) in [6, 6.07) is 3.87. The fourth-order valence-electron chi connectivity index (χ4n) is 2.50. The molecule has 1 aromatic rings. The van der Waals surface area contributed by atoms with Gasteiger partial charge in [-0.25, -0.2) is 12.8 Å². The van der Waals surface area contributed by atoms with Gasteiger partial charge in [-0.2, -0.15) is 4.31 Å². The third-order valence-electron chi connectivity index (χ3n) is 3.75. The Hall–Kier alpha value is -1.51. The lowest BCUT2D eigenvalue weighted by atomic mass is 9.98. The second-order valence-electron chi connectivity index (χ2n) is 5.00. The lowest BCUT2D eigenvalue weighted by Gasteiger charge is -2.30. The van der Waals surface area contributed by atoms with E-state index in [1.54, 1.807) is 0 Å². The summed E-state index contributed by atoms with van der Waals surface area (Å²) in [5.74, 6) is -1.36. The molecular weight excluding hydrogens is 297 g/mol. The summed E-state index contributed by atoms with van der Waals surface area (Å²) in [7, 11) is -3.82. The smallest absolute Gasteiger partial charge is 0.243 e. The van der Waals surface area contributed by atoms with Gasteiger partial charge in [-0.1, -0.05) is 6.07 Å². The van der Waals surface area contributed by atoms with Crippen LogP contribution in [0.3, 0.4) is 0 Å². The van der Waals surface area contributed by atoms with Crippen LogP contribution < -0.4 is 11.5 Å². The van der Waals surface area contributed by atoms with E-state index in [4.69, 9.17) is 11.5 Å². The summed E-state index contributed by atoms with van der Waals surface area (Å²) in [4.78, 5) is 11.0. The Balaban J connectivity index is 2.28. The first-order chi connectivity index (χ1) is 9.87. The normalized spacial score (nSPS) is 17.8. The molecule has 1 aromatic carbocycles. The van der Waals surface area contributed by atoms with Crippen molar-refractivity contribution in [3.05, 3.63) is 29.6 Å². The topological polar surface area (TPSA) is 106 Å². The largest absolute Gasteiger partial charge is 0.369 e. The third-order valence-corrected chi connectivity index (χ3v) is 5.74. The van der Waals surface area contributed by atoms with Gasteiger partial charge in [0, 0.05) is 31.1 Å². The number of rotatable bonds is 4. The second-order valence-corrected chi connectivity index (χ2v) is 6.91. The molecule has 1 aliphatic rings. The third kappa shape index (κ3) is 3.07. The average molecular weight is 315 g/mol. The summed E-state index contributed by atoms with van der Waals surface area (Å²) in [5.41, 5.74) is 10.7. The zero-order chi connectivity index (χ0) is 15.6. The van der Waals surface area contributed by atoms with Crippen LogP contribution in [-0.4, -0.2) is 31.7 Å². The minimum atomic E-state index is -3.82. The maximum Gasteiger partial charge on any atom is 0.243 e. The maximum atomic E-state index is 13.7. The fraction of sp³-hybridized carbons (Fsp3) is 0.462. The lowest BCUT2D eigenvalue weighted by Crippen LogP contribution is -2.42. The van der Waals surface area contributed by atoms with Crippen LogP contribution in [0.15, 0.2) is 23.1 Å². The van der Waals surface area contributed by atoms with Crippen molar-refractivity contribution in [2.24, 2.45) is 17.4 Å². The van der Waals surface area contributed by atoms with Gasteiger partial charge in [0.15, 0.2) is 0 Å².